The lowest BCUT2D eigenvalue weighted by atomic mass is 9.96. The Labute approximate surface area is 273 Å². The number of ketones is 1. The van der Waals surface area contributed by atoms with Crippen molar-refractivity contribution in [2.75, 3.05) is 12.4 Å². The minimum absolute atomic E-state index is 0.00581. The van der Waals surface area contributed by atoms with Crippen molar-refractivity contribution >= 4 is 34.8 Å². The monoisotopic (exact) mass is 652 g/mol. The minimum Gasteiger partial charge on any atom is -0.497 e. The zero-order valence-corrected chi connectivity index (χ0v) is 26.2. The smallest absolute Gasteiger partial charge is 0.270 e. The molecule has 0 unspecified atom stereocenters. The molecule has 13 heteroatoms. The summed E-state index contributed by atoms with van der Waals surface area (Å²) in [7, 11) is 1.52. The number of hydrogen-bond donors (Lipinski definition) is 3. The Hall–Kier alpha value is -5.98. The van der Waals surface area contributed by atoms with E-state index >= 15 is 0 Å². The van der Waals surface area contributed by atoms with Gasteiger partial charge in [0.25, 0.3) is 17.7 Å². The Morgan fingerprint density at radius 1 is 0.938 bits per heavy atom. The standard InChI is InChI=1S/C35H30F2N6O5/c1-18-23(19(2)44)9-10-25-24(18)11-13-29(25)42-35(47)31-15-30(34(46)38-16-20-4-12-27(36)28(37)14-20)41-32-26(17-39-43(31)32)33(45)40-21-5-7-22(48-3)8-6-21/h4-10,12,14-15,17,29H,11,13,16H2,1-3H3,(H,38,46)(H,40,45)(H,42,47)/t29-/m0/s1. The first-order valence-electron chi connectivity index (χ1n) is 15.0. The lowest BCUT2D eigenvalue weighted by Crippen LogP contribution is -2.31. The van der Waals surface area contributed by atoms with Crippen LogP contribution in [0.4, 0.5) is 14.5 Å². The van der Waals surface area contributed by atoms with E-state index in [0.29, 0.717) is 35.4 Å². The second kappa shape index (κ2) is 13.0. The number of fused-ring (bicyclic) bond motifs is 2. The molecule has 0 radical (unpaired) electrons. The molecule has 0 fully saturated rings. The van der Waals surface area contributed by atoms with Crippen LogP contribution in [0.1, 0.15) is 83.3 Å². The number of aromatic nitrogens is 3. The van der Waals surface area contributed by atoms with E-state index in [4.69, 9.17) is 4.74 Å². The molecule has 0 saturated carbocycles. The lowest BCUT2D eigenvalue weighted by molar-refractivity contribution is 0.0926. The first-order chi connectivity index (χ1) is 23.0. The lowest BCUT2D eigenvalue weighted by Gasteiger charge is -2.16. The Balaban J connectivity index is 1.33. The molecule has 1 aliphatic carbocycles. The molecule has 6 rings (SSSR count). The van der Waals surface area contributed by atoms with Gasteiger partial charge in [0.1, 0.15) is 22.7 Å². The van der Waals surface area contributed by atoms with Gasteiger partial charge in [0.2, 0.25) is 0 Å². The molecule has 244 valence electrons. The Bertz CT molecular complexity index is 2110. The molecule has 0 aliphatic heterocycles. The molecule has 3 N–H and O–H groups in total. The van der Waals surface area contributed by atoms with E-state index in [2.05, 4.69) is 26.0 Å². The highest BCUT2D eigenvalue weighted by molar-refractivity contribution is 6.09. The number of rotatable bonds is 9. The van der Waals surface area contributed by atoms with Gasteiger partial charge in [0.05, 0.1) is 19.3 Å². The van der Waals surface area contributed by atoms with Gasteiger partial charge < -0.3 is 20.7 Å². The maximum absolute atomic E-state index is 13.9. The predicted molar refractivity (Wildman–Crippen MR) is 171 cm³/mol. The van der Waals surface area contributed by atoms with Crippen LogP contribution in [-0.2, 0) is 13.0 Å². The van der Waals surface area contributed by atoms with Gasteiger partial charge in [-0.25, -0.2) is 18.3 Å². The van der Waals surface area contributed by atoms with Crippen LogP contribution < -0.4 is 20.7 Å². The van der Waals surface area contributed by atoms with E-state index in [1.54, 1.807) is 30.3 Å². The number of amides is 3. The second-order valence-corrected chi connectivity index (χ2v) is 11.4. The third-order valence-corrected chi connectivity index (χ3v) is 8.34. The average molecular weight is 653 g/mol. The van der Waals surface area contributed by atoms with E-state index in [1.165, 1.54) is 36.9 Å². The summed E-state index contributed by atoms with van der Waals surface area (Å²) in [5.74, 6) is -3.41. The van der Waals surface area contributed by atoms with Crippen molar-refractivity contribution in [2.24, 2.45) is 0 Å². The maximum Gasteiger partial charge on any atom is 0.270 e. The summed E-state index contributed by atoms with van der Waals surface area (Å²) in [6, 6.07) is 14.3. The van der Waals surface area contributed by atoms with Crippen LogP contribution in [0, 0.1) is 18.6 Å². The molecule has 0 saturated heterocycles. The summed E-state index contributed by atoms with van der Waals surface area (Å²) in [5, 5.41) is 12.6. The van der Waals surface area contributed by atoms with Crippen LogP contribution in [0.2, 0.25) is 0 Å². The van der Waals surface area contributed by atoms with E-state index in [1.807, 2.05) is 13.0 Å². The molecular weight excluding hydrogens is 622 g/mol. The predicted octanol–water partition coefficient (Wildman–Crippen LogP) is 5.13. The first kappa shape index (κ1) is 32.0. The highest BCUT2D eigenvalue weighted by atomic mass is 19.2. The summed E-state index contributed by atoms with van der Waals surface area (Å²) in [5.41, 5.74) is 3.83. The van der Waals surface area contributed by atoms with Gasteiger partial charge in [-0.2, -0.15) is 5.10 Å². The number of carbonyl (C=O) groups excluding carboxylic acids is 4. The first-order valence-corrected chi connectivity index (χ1v) is 15.0. The van der Waals surface area contributed by atoms with Crippen molar-refractivity contribution in [3.63, 3.8) is 0 Å². The van der Waals surface area contributed by atoms with Crippen LogP contribution in [0.25, 0.3) is 5.65 Å². The topological polar surface area (TPSA) is 144 Å². The SMILES string of the molecule is COc1ccc(NC(=O)c2cnn3c(C(=O)N[C@H]4CCc5c4ccc(C(C)=O)c5C)cc(C(=O)NCc4ccc(F)c(F)c4)nc23)cc1. The van der Waals surface area contributed by atoms with E-state index in [0.717, 1.165) is 28.8 Å². The summed E-state index contributed by atoms with van der Waals surface area (Å²) in [6.07, 6.45) is 2.50. The fourth-order valence-corrected chi connectivity index (χ4v) is 5.84. The molecule has 1 atom stereocenters. The van der Waals surface area contributed by atoms with Crippen LogP contribution in [-0.4, -0.2) is 45.2 Å². The van der Waals surface area contributed by atoms with Crippen LogP contribution in [0.5, 0.6) is 5.75 Å². The molecule has 0 bridgehead atoms. The van der Waals surface area contributed by atoms with E-state index < -0.39 is 29.4 Å². The maximum atomic E-state index is 13.9. The molecule has 48 heavy (non-hydrogen) atoms. The van der Waals surface area contributed by atoms with Gasteiger partial charge in [0, 0.05) is 23.9 Å². The van der Waals surface area contributed by atoms with Gasteiger partial charge in [-0.05, 0) is 85.3 Å². The highest BCUT2D eigenvalue weighted by Crippen LogP contribution is 2.35. The Morgan fingerprint density at radius 2 is 1.71 bits per heavy atom. The number of benzene rings is 3. The van der Waals surface area contributed by atoms with Gasteiger partial charge in [-0.3, -0.25) is 19.2 Å². The fraction of sp³-hybridized carbons (Fsp3) is 0.200. The van der Waals surface area contributed by atoms with Crippen molar-refractivity contribution in [3.8, 4) is 5.75 Å². The van der Waals surface area contributed by atoms with Crippen LogP contribution in [0.3, 0.4) is 0 Å². The molecular formula is C35H30F2N6O5. The largest absolute Gasteiger partial charge is 0.497 e. The molecule has 3 amide bonds. The molecule has 0 spiro atoms. The van der Waals surface area contributed by atoms with Gasteiger partial charge in [-0.15, -0.1) is 0 Å². The summed E-state index contributed by atoms with van der Waals surface area (Å²) < 4.78 is 33.5. The molecule has 2 aromatic heterocycles. The van der Waals surface area contributed by atoms with Gasteiger partial charge in [0.15, 0.2) is 23.1 Å². The Morgan fingerprint density at radius 3 is 2.42 bits per heavy atom. The summed E-state index contributed by atoms with van der Waals surface area (Å²) >= 11 is 0. The van der Waals surface area contributed by atoms with Crippen molar-refractivity contribution in [1.29, 1.82) is 0 Å². The number of ether oxygens (including phenoxy) is 1. The highest BCUT2D eigenvalue weighted by Gasteiger charge is 2.29. The number of nitrogens with zero attached hydrogens (tertiary/aromatic N) is 3. The fourth-order valence-electron chi connectivity index (χ4n) is 5.84. The molecule has 5 aromatic rings. The normalized spacial score (nSPS) is 13.6. The number of anilines is 1. The number of carbonyl (C=O) groups is 4. The average Bonchev–Trinajstić information content (AvgIpc) is 3.70. The van der Waals surface area contributed by atoms with Crippen molar-refractivity contribution < 1.29 is 32.7 Å². The van der Waals surface area contributed by atoms with Crippen molar-refractivity contribution in [2.45, 2.75) is 39.3 Å². The minimum atomic E-state index is -1.06. The zero-order valence-electron chi connectivity index (χ0n) is 26.2. The number of halogens is 2. The number of hydrogen-bond acceptors (Lipinski definition) is 7. The third kappa shape index (κ3) is 6.21. The van der Waals surface area contributed by atoms with E-state index in [9.17, 15) is 28.0 Å². The number of nitrogens with one attached hydrogen (secondary N) is 3. The molecule has 1 aliphatic rings. The second-order valence-electron chi connectivity index (χ2n) is 11.4. The summed E-state index contributed by atoms with van der Waals surface area (Å²) in [4.78, 5) is 57.0. The Kier molecular flexibility index (Phi) is 8.68. The van der Waals surface area contributed by atoms with Gasteiger partial charge in [-0.1, -0.05) is 18.2 Å². The third-order valence-electron chi connectivity index (χ3n) is 8.34. The summed E-state index contributed by atoms with van der Waals surface area (Å²) in [6.45, 7) is 3.24. The molecule has 3 aromatic carbocycles. The van der Waals surface area contributed by atoms with Crippen LogP contribution >= 0.6 is 0 Å². The van der Waals surface area contributed by atoms with Crippen molar-refractivity contribution in [3.05, 3.63) is 123 Å². The number of methoxy groups -OCH3 is 1. The molecule has 2 heterocycles. The van der Waals surface area contributed by atoms with Crippen LogP contribution in [0.15, 0.2) is 66.9 Å². The zero-order chi connectivity index (χ0) is 34.1. The molecule has 11 nitrogen and oxygen atoms in total. The quantitative estimate of drug-likeness (QED) is 0.188. The van der Waals surface area contributed by atoms with E-state index in [-0.39, 0.29) is 41.0 Å². The van der Waals surface area contributed by atoms with Crippen molar-refractivity contribution in [1.82, 2.24) is 25.2 Å². The number of Topliss-reactive ketones (excluding diaryl/α,β-unsaturated/α-hetero) is 1. The van der Waals surface area contributed by atoms with Gasteiger partial charge >= 0.3 is 0 Å².